The van der Waals surface area contributed by atoms with Gasteiger partial charge in [-0.3, -0.25) is 4.79 Å². The molecule has 0 saturated carbocycles. The van der Waals surface area contributed by atoms with Gasteiger partial charge in [0.25, 0.3) is 5.91 Å². The molecule has 0 unspecified atom stereocenters. The molecule has 0 aliphatic carbocycles. The summed E-state index contributed by atoms with van der Waals surface area (Å²) < 4.78 is 42.4. The number of anilines is 1. The number of allylic oxidation sites excluding steroid dienone is 1. The van der Waals surface area contributed by atoms with E-state index in [1.807, 2.05) is 0 Å². The second kappa shape index (κ2) is 10.2. The quantitative estimate of drug-likeness (QED) is 0.504. The van der Waals surface area contributed by atoms with Crippen LogP contribution in [0.25, 0.3) is 0 Å². The fourth-order valence-electron chi connectivity index (χ4n) is 2.49. The van der Waals surface area contributed by atoms with E-state index in [9.17, 15) is 18.0 Å². The molecule has 0 bridgehead atoms. The number of nitrogens with zero attached hydrogens (tertiary/aromatic N) is 1. The molecule has 1 fully saturated rings. The largest absolute Gasteiger partial charge is 0.492 e. The predicted molar refractivity (Wildman–Crippen MR) is 102 cm³/mol. The minimum Gasteiger partial charge on any atom is -0.492 e. The van der Waals surface area contributed by atoms with Crippen molar-refractivity contribution in [3.05, 3.63) is 30.4 Å². The van der Waals surface area contributed by atoms with Crippen molar-refractivity contribution < 1.29 is 32.2 Å². The first-order valence-corrected chi connectivity index (χ1v) is 10.3. The smallest absolute Gasteiger partial charge is 0.330 e. The average Bonchev–Trinajstić information content (AvgIpc) is 2.69. The van der Waals surface area contributed by atoms with Crippen LogP contribution in [0.4, 0.5) is 5.69 Å². The third-order valence-corrected chi connectivity index (χ3v) is 5.68. The second-order valence-electron chi connectivity index (χ2n) is 5.76. The van der Waals surface area contributed by atoms with Gasteiger partial charge in [0.15, 0.2) is 6.61 Å². The average molecular weight is 412 g/mol. The number of carbonyl (C=O) groups excluding carboxylic acids is 2. The number of morpholine rings is 1. The third kappa shape index (κ3) is 5.78. The zero-order valence-electron chi connectivity index (χ0n) is 15.8. The molecule has 0 aromatic heterocycles. The van der Waals surface area contributed by atoms with Crippen molar-refractivity contribution >= 4 is 27.6 Å². The number of hydrogen-bond donors (Lipinski definition) is 1. The van der Waals surface area contributed by atoms with Gasteiger partial charge in [-0.05, 0) is 32.0 Å². The lowest BCUT2D eigenvalue weighted by Crippen LogP contribution is -2.40. The summed E-state index contributed by atoms with van der Waals surface area (Å²) in [5.41, 5.74) is 0.184. The van der Waals surface area contributed by atoms with E-state index in [-0.39, 0.29) is 23.7 Å². The number of rotatable bonds is 8. The first-order valence-electron chi connectivity index (χ1n) is 8.82. The molecule has 0 spiro atoms. The zero-order valence-corrected chi connectivity index (χ0v) is 16.7. The number of carbonyl (C=O) groups is 2. The van der Waals surface area contributed by atoms with Crippen molar-refractivity contribution in [1.82, 2.24) is 4.31 Å². The molecule has 1 N–H and O–H groups in total. The van der Waals surface area contributed by atoms with Crippen LogP contribution in [0.1, 0.15) is 13.8 Å². The van der Waals surface area contributed by atoms with E-state index in [2.05, 4.69) is 5.32 Å². The summed E-state index contributed by atoms with van der Waals surface area (Å²) in [5.74, 6) is -0.942. The number of amides is 1. The summed E-state index contributed by atoms with van der Waals surface area (Å²) >= 11 is 0. The van der Waals surface area contributed by atoms with E-state index in [0.29, 0.717) is 25.6 Å². The Bertz CT molecular complexity index is 830. The number of hydrogen-bond acceptors (Lipinski definition) is 7. The van der Waals surface area contributed by atoms with E-state index in [0.717, 1.165) is 0 Å². The van der Waals surface area contributed by atoms with Crippen LogP contribution in [0.3, 0.4) is 0 Å². The van der Waals surface area contributed by atoms with Crippen molar-refractivity contribution in [3.63, 3.8) is 0 Å². The van der Waals surface area contributed by atoms with Crippen LogP contribution in [0.15, 0.2) is 35.2 Å². The van der Waals surface area contributed by atoms with Gasteiger partial charge in [-0.25, -0.2) is 13.2 Å². The van der Waals surface area contributed by atoms with E-state index in [1.54, 1.807) is 13.8 Å². The van der Waals surface area contributed by atoms with Gasteiger partial charge in [-0.15, -0.1) is 0 Å². The van der Waals surface area contributed by atoms with Crippen LogP contribution in [0, 0.1) is 0 Å². The van der Waals surface area contributed by atoms with Gasteiger partial charge in [0, 0.05) is 19.2 Å². The fourth-order valence-corrected chi connectivity index (χ4v) is 3.93. The van der Waals surface area contributed by atoms with Crippen LogP contribution in [-0.4, -0.2) is 64.1 Å². The predicted octanol–water partition coefficient (Wildman–Crippen LogP) is 1.16. The maximum absolute atomic E-state index is 12.8. The molecular weight excluding hydrogens is 388 g/mol. The Labute approximate surface area is 164 Å². The third-order valence-electron chi connectivity index (χ3n) is 3.78. The van der Waals surface area contributed by atoms with Gasteiger partial charge in [-0.1, -0.05) is 6.08 Å². The summed E-state index contributed by atoms with van der Waals surface area (Å²) in [6.07, 6.45) is 2.68. The van der Waals surface area contributed by atoms with Gasteiger partial charge in [0.2, 0.25) is 10.0 Å². The Balaban J connectivity index is 2.20. The highest BCUT2D eigenvalue weighted by Gasteiger charge is 2.27. The zero-order chi connectivity index (χ0) is 20.6. The standard InChI is InChI=1S/C18H24N2O7S/c1-3-5-18(22)27-13-17(21)19-15-12-14(6-7-16(15)26-4-2)28(23,24)20-8-10-25-11-9-20/h3,5-7,12H,4,8-11,13H2,1-2H3,(H,19,21)/b5-3+. The molecular formula is C18H24N2O7S. The first-order chi connectivity index (χ1) is 13.4. The maximum atomic E-state index is 12.8. The molecule has 1 heterocycles. The number of sulfonamides is 1. The molecule has 1 aromatic rings. The van der Waals surface area contributed by atoms with Crippen molar-refractivity contribution in [2.24, 2.45) is 0 Å². The number of esters is 1. The monoisotopic (exact) mass is 412 g/mol. The molecule has 1 aliphatic heterocycles. The second-order valence-corrected chi connectivity index (χ2v) is 7.70. The summed E-state index contributed by atoms with van der Waals surface area (Å²) in [6.45, 7) is 4.42. The molecule has 1 aromatic carbocycles. The topological polar surface area (TPSA) is 111 Å². The summed E-state index contributed by atoms with van der Waals surface area (Å²) in [7, 11) is -3.73. The SMILES string of the molecule is C/C=C/C(=O)OCC(=O)Nc1cc(S(=O)(=O)N2CCOCC2)ccc1OCC. The van der Waals surface area contributed by atoms with E-state index in [4.69, 9.17) is 14.2 Å². The van der Waals surface area contributed by atoms with Gasteiger partial charge in [0.05, 0.1) is 30.4 Å². The van der Waals surface area contributed by atoms with Crippen LogP contribution >= 0.6 is 0 Å². The van der Waals surface area contributed by atoms with Crippen LogP contribution in [-0.2, 0) is 29.1 Å². The summed E-state index contributed by atoms with van der Waals surface area (Å²) in [6, 6.07) is 4.25. The Kier molecular flexibility index (Phi) is 7.97. The lowest BCUT2D eigenvalue weighted by molar-refractivity contribution is -0.142. The minimum atomic E-state index is -3.73. The molecule has 154 valence electrons. The van der Waals surface area contributed by atoms with Crippen LogP contribution in [0.5, 0.6) is 5.75 Å². The van der Waals surface area contributed by atoms with E-state index < -0.39 is 28.5 Å². The highest BCUT2D eigenvalue weighted by molar-refractivity contribution is 7.89. The highest BCUT2D eigenvalue weighted by atomic mass is 32.2. The molecule has 1 saturated heterocycles. The normalized spacial score (nSPS) is 15.4. The molecule has 2 rings (SSSR count). The Hall–Kier alpha value is -2.43. The lowest BCUT2D eigenvalue weighted by Gasteiger charge is -2.26. The van der Waals surface area contributed by atoms with E-state index in [1.165, 1.54) is 34.7 Å². The fraction of sp³-hybridized carbons (Fsp3) is 0.444. The molecule has 28 heavy (non-hydrogen) atoms. The lowest BCUT2D eigenvalue weighted by atomic mass is 10.3. The number of ether oxygens (including phenoxy) is 3. The van der Waals surface area contributed by atoms with E-state index >= 15 is 0 Å². The number of benzene rings is 1. The first kappa shape index (κ1) is 21.9. The summed E-state index contributed by atoms with van der Waals surface area (Å²) in [4.78, 5) is 23.4. The van der Waals surface area contributed by atoms with Crippen molar-refractivity contribution in [1.29, 1.82) is 0 Å². The highest BCUT2D eigenvalue weighted by Crippen LogP contribution is 2.29. The molecule has 1 amide bonds. The van der Waals surface area contributed by atoms with Crippen molar-refractivity contribution in [3.8, 4) is 5.75 Å². The molecule has 10 heteroatoms. The summed E-state index contributed by atoms with van der Waals surface area (Å²) in [5, 5.41) is 2.54. The van der Waals surface area contributed by atoms with Crippen molar-refractivity contribution in [2.45, 2.75) is 18.7 Å². The molecule has 1 aliphatic rings. The Morgan fingerprint density at radius 2 is 2.00 bits per heavy atom. The molecule has 0 radical (unpaired) electrons. The Morgan fingerprint density at radius 1 is 1.29 bits per heavy atom. The molecule has 0 atom stereocenters. The molecule has 9 nitrogen and oxygen atoms in total. The number of nitrogens with one attached hydrogen (secondary N) is 1. The van der Waals surface area contributed by atoms with Crippen molar-refractivity contribution in [2.75, 3.05) is 44.8 Å². The minimum absolute atomic E-state index is 0.0269. The van der Waals surface area contributed by atoms with Gasteiger partial charge in [-0.2, -0.15) is 4.31 Å². The van der Waals surface area contributed by atoms with Gasteiger partial charge < -0.3 is 19.5 Å². The Morgan fingerprint density at radius 3 is 2.64 bits per heavy atom. The van der Waals surface area contributed by atoms with Gasteiger partial charge >= 0.3 is 5.97 Å². The van der Waals surface area contributed by atoms with Crippen LogP contribution in [0.2, 0.25) is 0 Å². The van der Waals surface area contributed by atoms with Gasteiger partial charge in [0.1, 0.15) is 5.75 Å². The maximum Gasteiger partial charge on any atom is 0.330 e. The van der Waals surface area contributed by atoms with Crippen LogP contribution < -0.4 is 10.1 Å².